The minimum Gasteiger partial charge on any atom is -0.349 e. The Labute approximate surface area is 200 Å². The largest absolute Gasteiger partial charge is 0.349 e. The third-order valence-corrected chi connectivity index (χ3v) is 5.07. The first kappa shape index (κ1) is 25.5. The molecule has 2 N–H and O–H groups in total. The van der Waals surface area contributed by atoms with Crippen molar-refractivity contribution in [3.63, 3.8) is 0 Å². The lowest BCUT2D eigenvalue weighted by Crippen LogP contribution is -2.38. The molecule has 2 unspecified atom stereocenters. The van der Waals surface area contributed by atoms with Crippen molar-refractivity contribution in [2.45, 2.75) is 18.3 Å². The first-order valence-corrected chi connectivity index (χ1v) is 10.5. The first-order valence-electron chi connectivity index (χ1n) is 9.72. The second-order valence-electron chi connectivity index (χ2n) is 6.82. The second-order valence-corrected chi connectivity index (χ2v) is 7.69. The highest BCUT2D eigenvalue weighted by Gasteiger charge is 2.27. The maximum absolute atomic E-state index is 12.3. The summed E-state index contributed by atoms with van der Waals surface area (Å²) in [6.07, 6.45) is 0.217. The molecule has 10 heteroatoms. The quantitative estimate of drug-likeness (QED) is 0.392. The lowest BCUT2D eigenvalue weighted by atomic mass is 9.95. The third-order valence-electron chi connectivity index (χ3n) is 4.56. The van der Waals surface area contributed by atoms with Crippen LogP contribution in [0.4, 0.5) is 0 Å². The summed E-state index contributed by atoms with van der Waals surface area (Å²) in [7, 11) is 0. The normalized spacial score (nSPS) is 11.9. The van der Waals surface area contributed by atoms with E-state index < -0.39 is 35.2 Å². The van der Waals surface area contributed by atoms with Gasteiger partial charge in [-0.15, -0.1) is 0 Å². The highest BCUT2D eigenvalue weighted by molar-refractivity contribution is 6.39. The van der Waals surface area contributed by atoms with E-state index in [0.29, 0.717) is 21.2 Å². The molecule has 0 saturated carbocycles. The van der Waals surface area contributed by atoms with Crippen LogP contribution in [-0.4, -0.2) is 36.5 Å². The van der Waals surface area contributed by atoms with Crippen molar-refractivity contribution in [3.8, 4) is 12.1 Å². The van der Waals surface area contributed by atoms with Crippen LogP contribution in [0, 0.1) is 22.7 Å². The summed E-state index contributed by atoms with van der Waals surface area (Å²) in [5.41, 5.74) is 0.695. The number of rotatable bonds is 10. The van der Waals surface area contributed by atoms with Crippen LogP contribution in [0.25, 0.3) is 0 Å². The highest BCUT2D eigenvalue weighted by Crippen LogP contribution is 2.20. The van der Waals surface area contributed by atoms with Crippen molar-refractivity contribution in [1.29, 1.82) is 10.5 Å². The lowest BCUT2D eigenvalue weighted by Gasteiger charge is -2.11. The summed E-state index contributed by atoms with van der Waals surface area (Å²) in [5, 5.41) is 24.1. The molecule has 0 heterocycles. The second kappa shape index (κ2) is 12.4. The number of benzene rings is 2. The first-order chi connectivity index (χ1) is 15.8. The van der Waals surface area contributed by atoms with Gasteiger partial charge >= 0.3 is 0 Å². The molecule has 0 radical (unpaired) electrons. The Hall–Kier alpha value is -3.72. The van der Waals surface area contributed by atoms with E-state index in [-0.39, 0.29) is 19.5 Å². The minimum atomic E-state index is -1.27. The van der Waals surface area contributed by atoms with E-state index in [1.54, 1.807) is 12.1 Å². The molecule has 0 saturated heterocycles. The maximum atomic E-state index is 12.3. The fourth-order valence-corrected chi connectivity index (χ4v) is 3.06. The molecule has 0 aromatic heterocycles. The maximum Gasteiger partial charge on any atom is 0.289 e. The van der Waals surface area contributed by atoms with Gasteiger partial charge in [-0.2, -0.15) is 10.5 Å². The Morgan fingerprint density at radius 3 is 1.33 bits per heavy atom. The van der Waals surface area contributed by atoms with Gasteiger partial charge in [0.25, 0.3) is 11.8 Å². The molecule has 2 rings (SSSR count). The van der Waals surface area contributed by atoms with Crippen LogP contribution in [0.2, 0.25) is 10.0 Å². The Morgan fingerprint density at radius 1 is 0.697 bits per heavy atom. The Morgan fingerprint density at radius 2 is 1.03 bits per heavy atom. The zero-order valence-corrected chi connectivity index (χ0v) is 18.7. The molecule has 0 aliphatic carbocycles. The number of nitriles is 2. The molecule has 0 bridgehead atoms. The SMILES string of the molecule is N#CC(C(=O)C(=O)NCCCNC(=O)C(=O)C(C#N)c1ccc(Cl)cc1)c1ccc(Cl)cc1. The zero-order valence-electron chi connectivity index (χ0n) is 17.2. The third kappa shape index (κ3) is 7.15. The Balaban J connectivity index is 1.79. The summed E-state index contributed by atoms with van der Waals surface area (Å²) < 4.78 is 0. The van der Waals surface area contributed by atoms with Gasteiger partial charge in [-0.25, -0.2) is 0 Å². The number of Topliss-reactive ketones (excluding diaryl/α,β-unsaturated/α-hetero) is 2. The van der Waals surface area contributed by atoms with Crippen LogP contribution >= 0.6 is 23.2 Å². The van der Waals surface area contributed by atoms with Gasteiger partial charge < -0.3 is 10.6 Å². The Bertz CT molecular complexity index is 1030. The van der Waals surface area contributed by atoms with Crippen LogP contribution in [-0.2, 0) is 19.2 Å². The molecular weight excluding hydrogens is 467 g/mol. The van der Waals surface area contributed by atoms with Crippen molar-refractivity contribution < 1.29 is 19.2 Å². The van der Waals surface area contributed by atoms with Gasteiger partial charge in [-0.1, -0.05) is 47.5 Å². The number of nitrogens with zero attached hydrogens (tertiary/aromatic N) is 2. The van der Waals surface area contributed by atoms with Crippen molar-refractivity contribution in [3.05, 3.63) is 69.7 Å². The monoisotopic (exact) mass is 484 g/mol. The molecule has 2 aromatic carbocycles. The zero-order chi connectivity index (χ0) is 24.4. The summed E-state index contributed by atoms with van der Waals surface area (Å²) in [5.74, 6) is -6.25. The highest BCUT2D eigenvalue weighted by atomic mass is 35.5. The predicted octanol–water partition coefficient (Wildman–Crippen LogP) is 2.67. The number of ketones is 2. The number of nitrogens with one attached hydrogen (secondary N) is 2. The fraction of sp³-hybridized carbons (Fsp3) is 0.217. The van der Waals surface area contributed by atoms with E-state index in [1.165, 1.54) is 48.5 Å². The predicted molar refractivity (Wildman–Crippen MR) is 120 cm³/mol. The van der Waals surface area contributed by atoms with Crippen molar-refractivity contribution in [1.82, 2.24) is 10.6 Å². The van der Waals surface area contributed by atoms with Crippen molar-refractivity contribution in [2.75, 3.05) is 13.1 Å². The van der Waals surface area contributed by atoms with E-state index in [0.717, 1.165) is 0 Å². The Kier molecular flexibility index (Phi) is 9.56. The molecule has 0 fully saturated rings. The minimum absolute atomic E-state index is 0.0245. The van der Waals surface area contributed by atoms with Gasteiger partial charge in [0.1, 0.15) is 11.8 Å². The summed E-state index contributed by atoms with van der Waals surface area (Å²) in [4.78, 5) is 48.7. The molecule has 2 amide bonds. The number of amides is 2. The summed E-state index contributed by atoms with van der Waals surface area (Å²) in [6.45, 7) is 0.0490. The average molecular weight is 485 g/mol. The van der Waals surface area contributed by atoms with Gasteiger partial charge in [0.15, 0.2) is 0 Å². The van der Waals surface area contributed by atoms with Gasteiger partial charge in [-0.3, -0.25) is 19.2 Å². The summed E-state index contributed by atoms with van der Waals surface area (Å²) >= 11 is 11.6. The molecule has 2 aromatic rings. The molecule has 33 heavy (non-hydrogen) atoms. The van der Waals surface area contributed by atoms with Crippen LogP contribution in [0.1, 0.15) is 29.4 Å². The van der Waals surface area contributed by atoms with Crippen LogP contribution in [0.15, 0.2) is 48.5 Å². The number of carbonyl (C=O) groups excluding carboxylic acids is 4. The van der Waals surface area contributed by atoms with E-state index in [1.807, 2.05) is 0 Å². The van der Waals surface area contributed by atoms with E-state index in [9.17, 15) is 29.7 Å². The molecule has 0 aliphatic heterocycles. The van der Waals surface area contributed by atoms with E-state index in [4.69, 9.17) is 23.2 Å². The molecule has 2 atom stereocenters. The van der Waals surface area contributed by atoms with Crippen molar-refractivity contribution in [2.24, 2.45) is 0 Å². The van der Waals surface area contributed by atoms with Gasteiger partial charge in [0.05, 0.1) is 12.1 Å². The molecule has 168 valence electrons. The van der Waals surface area contributed by atoms with Crippen molar-refractivity contribution >= 4 is 46.6 Å². The van der Waals surface area contributed by atoms with E-state index in [2.05, 4.69) is 10.6 Å². The lowest BCUT2D eigenvalue weighted by molar-refractivity contribution is -0.138. The molecule has 8 nitrogen and oxygen atoms in total. The smallest absolute Gasteiger partial charge is 0.289 e. The van der Waals surface area contributed by atoms with Crippen LogP contribution < -0.4 is 10.6 Å². The number of hydrogen-bond donors (Lipinski definition) is 2. The van der Waals surface area contributed by atoms with Crippen LogP contribution in [0.5, 0.6) is 0 Å². The number of carbonyl (C=O) groups is 4. The van der Waals surface area contributed by atoms with E-state index >= 15 is 0 Å². The van der Waals surface area contributed by atoms with Gasteiger partial charge in [-0.05, 0) is 41.8 Å². The van der Waals surface area contributed by atoms with Crippen LogP contribution in [0.3, 0.4) is 0 Å². The van der Waals surface area contributed by atoms with Gasteiger partial charge in [0, 0.05) is 23.1 Å². The summed E-state index contributed by atoms with van der Waals surface area (Å²) in [6, 6.07) is 15.6. The number of hydrogen-bond acceptors (Lipinski definition) is 6. The topological polar surface area (TPSA) is 140 Å². The van der Waals surface area contributed by atoms with Gasteiger partial charge in [0.2, 0.25) is 11.6 Å². The fourth-order valence-electron chi connectivity index (χ4n) is 2.81. The average Bonchev–Trinajstić information content (AvgIpc) is 2.81. The number of halogens is 2. The molecule has 0 spiro atoms. The molecular formula is C23H18Cl2N4O4. The molecule has 0 aliphatic rings. The standard InChI is InChI=1S/C23H18Cl2N4O4/c24-16-6-2-14(3-7-16)18(12-26)20(30)22(32)28-10-1-11-29-23(33)21(31)19(13-27)15-4-8-17(25)9-5-15/h2-9,18-19H,1,10-11H2,(H,28,32)(H,29,33).